The fourth-order valence-corrected chi connectivity index (χ4v) is 4.15. The Hall–Kier alpha value is -2.38. The molecule has 0 saturated carbocycles. The van der Waals surface area contributed by atoms with Gasteiger partial charge in [0.1, 0.15) is 10.1 Å². The third-order valence-electron chi connectivity index (χ3n) is 3.94. The number of para-hydroxylation sites is 2. The summed E-state index contributed by atoms with van der Waals surface area (Å²) in [6.07, 6.45) is 0.0625. The highest BCUT2D eigenvalue weighted by molar-refractivity contribution is 8.24. The van der Waals surface area contributed by atoms with E-state index in [1.165, 1.54) is 11.8 Å². The molecule has 0 aliphatic carbocycles. The Morgan fingerprint density at radius 3 is 2.62 bits per heavy atom. The van der Waals surface area contributed by atoms with Crippen LogP contribution in [0, 0.1) is 0 Å². The molecule has 1 aliphatic heterocycles. The van der Waals surface area contributed by atoms with Crippen molar-refractivity contribution in [2.45, 2.75) is 18.2 Å². The van der Waals surface area contributed by atoms with E-state index < -0.39 is 5.25 Å². The summed E-state index contributed by atoms with van der Waals surface area (Å²) in [7, 11) is 1.54. The third kappa shape index (κ3) is 4.23. The van der Waals surface area contributed by atoms with Gasteiger partial charge in [-0.3, -0.25) is 14.5 Å². The van der Waals surface area contributed by atoms with E-state index in [2.05, 4.69) is 5.32 Å². The van der Waals surface area contributed by atoms with Gasteiger partial charge < -0.3 is 10.1 Å². The van der Waals surface area contributed by atoms with Crippen LogP contribution in [0.2, 0.25) is 0 Å². The van der Waals surface area contributed by atoms with Gasteiger partial charge >= 0.3 is 0 Å². The van der Waals surface area contributed by atoms with Crippen LogP contribution in [-0.4, -0.2) is 33.4 Å². The first kappa shape index (κ1) is 18.4. The highest BCUT2D eigenvalue weighted by Crippen LogP contribution is 2.31. The zero-order valence-corrected chi connectivity index (χ0v) is 15.8. The number of rotatable bonds is 6. The van der Waals surface area contributed by atoms with Gasteiger partial charge in [0.25, 0.3) is 0 Å². The molecule has 3 rings (SSSR count). The maximum atomic E-state index is 12.6. The molecular weight excluding hydrogens is 368 g/mol. The van der Waals surface area contributed by atoms with Gasteiger partial charge in [0.2, 0.25) is 11.8 Å². The number of amides is 2. The zero-order valence-electron chi connectivity index (χ0n) is 14.2. The average Bonchev–Trinajstić information content (AvgIpc) is 2.90. The lowest BCUT2D eigenvalue weighted by Gasteiger charge is -2.15. The molecular formula is C19H18N2O3S2. The van der Waals surface area contributed by atoms with E-state index in [9.17, 15) is 9.59 Å². The minimum atomic E-state index is -0.499. The lowest BCUT2D eigenvalue weighted by atomic mass is 10.2. The predicted octanol–water partition coefficient (Wildman–Crippen LogP) is 3.45. The molecule has 2 aromatic rings. The van der Waals surface area contributed by atoms with Crippen LogP contribution >= 0.6 is 24.0 Å². The number of benzene rings is 2. The zero-order chi connectivity index (χ0) is 18.5. The van der Waals surface area contributed by atoms with Crippen LogP contribution in [0.25, 0.3) is 0 Å². The quantitative estimate of drug-likeness (QED) is 0.771. The van der Waals surface area contributed by atoms with Crippen LogP contribution in [0.15, 0.2) is 54.6 Å². The fraction of sp³-hybridized carbons (Fsp3) is 0.211. The van der Waals surface area contributed by atoms with E-state index in [1.807, 2.05) is 42.5 Å². The van der Waals surface area contributed by atoms with Gasteiger partial charge in [-0.05, 0) is 17.7 Å². The van der Waals surface area contributed by atoms with Crippen LogP contribution in [0.4, 0.5) is 5.69 Å². The molecule has 2 aromatic carbocycles. The van der Waals surface area contributed by atoms with Crippen molar-refractivity contribution in [2.75, 3.05) is 12.4 Å². The summed E-state index contributed by atoms with van der Waals surface area (Å²) < 4.78 is 5.73. The number of hydrogen-bond acceptors (Lipinski definition) is 5. The van der Waals surface area contributed by atoms with Crippen molar-refractivity contribution in [1.29, 1.82) is 0 Å². The summed E-state index contributed by atoms with van der Waals surface area (Å²) in [4.78, 5) is 26.6. The second-order valence-corrected chi connectivity index (χ2v) is 7.57. The number of ether oxygens (including phenoxy) is 1. The number of carbonyl (C=O) groups excluding carboxylic acids is 2. The van der Waals surface area contributed by atoms with Gasteiger partial charge in [-0.1, -0.05) is 66.4 Å². The van der Waals surface area contributed by atoms with Crippen molar-refractivity contribution in [3.05, 3.63) is 60.2 Å². The van der Waals surface area contributed by atoms with E-state index in [-0.39, 0.29) is 18.2 Å². The molecule has 134 valence electrons. The summed E-state index contributed by atoms with van der Waals surface area (Å²) in [5.41, 5.74) is 1.59. The Labute approximate surface area is 161 Å². The Bertz CT molecular complexity index is 827. The molecule has 0 aromatic heterocycles. The Kier molecular flexibility index (Phi) is 5.90. The first-order valence-electron chi connectivity index (χ1n) is 8.07. The smallest absolute Gasteiger partial charge is 0.242 e. The Balaban J connectivity index is 1.62. The molecule has 1 fully saturated rings. The number of nitrogens with one attached hydrogen (secondary N) is 1. The van der Waals surface area contributed by atoms with Gasteiger partial charge in [0, 0.05) is 6.42 Å². The van der Waals surface area contributed by atoms with Gasteiger partial charge in [-0.15, -0.1) is 0 Å². The molecule has 26 heavy (non-hydrogen) atoms. The van der Waals surface area contributed by atoms with Gasteiger partial charge in [-0.2, -0.15) is 0 Å². The van der Waals surface area contributed by atoms with Crippen LogP contribution in [0.5, 0.6) is 5.75 Å². The lowest BCUT2D eigenvalue weighted by molar-refractivity contribution is -0.128. The molecule has 7 heteroatoms. The molecule has 0 bridgehead atoms. The maximum Gasteiger partial charge on any atom is 0.242 e. The summed E-state index contributed by atoms with van der Waals surface area (Å²) in [5, 5.41) is 2.30. The van der Waals surface area contributed by atoms with Gasteiger partial charge in [0.05, 0.1) is 24.6 Å². The molecule has 1 atom stereocenters. The van der Waals surface area contributed by atoms with Crippen LogP contribution in [-0.2, 0) is 16.1 Å². The van der Waals surface area contributed by atoms with E-state index >= 15 is 0 Å². The molecule has 5 nitrogen and oxygen atoms in total. The first-order chi connectivity index (χ1) is 12.6. The number of thioether (sulfide) groups is 1. The van der Waals surface area contributed by atoms with Crippen molar-refractivity contribution < 1.29 is 14.3 Å². The summed E-state index contributed by atoms with van der Waals surface area (Å²) in [5.74, 6) is 0.205. The fourth-order valence-electron chi connectivity index (χ4n) is 2.65. The largest absolute Gasteiger partial charge is 0.495 e. The summed E-state index contributed by atoms with van der Waals surface area (Å²) >= 11 is 6.60. The van der Waals surface area contributed by atoms with Crippen LogP contribution < -0.4 is 10.1 Å². The number of carbonyl (C=O) groups is 2. The molecule has 1 aliphatic rings. The Morgan fingerprint density at radius 1 is 1.19 bits per heavy atom. The standard InChI is InChI=1S/C19H18N2O3S2/c1-24-15-10-6-5-9-14(15)20-17(22)11-16-18(23)21(19(25)26-16)12-13-7-3-2-4-8-13/h2-10,16H,11-12H2,1H3,(H,20,22)/t16-/m0/s1. The van der Waals surface area contributed by atoms with Crippen molar-refractivity contribution in [3.8, 4) is 5.75 Å². The van der Waals surface area contributed by atoms with Crippen LogP contribution in [0.1, 0.15) is 12.0 Å². The third-order valence-corrected chi connectivity index (χ3v) is 5.52. The summed E-state index contributed by atoms with van der Waals surface area (Å²) in [6.45, 7) is 0.427. The number of anilines is 1. The molecule has 0 spiro atoms. The minimum Gasteiger partial charge on any atom is -0.495 e. The topological polar surface area (TPSA) is 58.6 Å². The normalized spacial score (nSPS) is 16.7. The van der Waals surface area contributed by atoms with E-state index in [0.29, 0.717) is 22.3 Å². The van der Waals surface area contributed by atoms with Gasteiger partial charge in [0.15, 0.2) is 0 Å². The van der Waals surface area contributed by atoms with E-state index in [0.717, 1.165) is 5.56 Å². The van der Waals surface area contributed by atoms with Crippen molar-refractivity contribution in [1.82, 2.24) is 4.90 Å². The lowest BCUT2D eigenvalue weighted by Crippen LogP contribution is -2.32. The van der Waals surface area contributed by atoms with Crippen molar-refractivity contribution in [2.24, 2.45) is 0 Å². The average molecular weight is 386 g/mol. The molecule has 1 heterocycles. The van der Waals surface area contributed by atoms with Crippen molar-refractivity contribution >= 4 is 45.8 Å². The Morgan fingerprint density at radius 2 is 1.88 bits per heavy atom. The van der Waals surface area contributed by atoms with Gasteiger partial charge in [-0.25, -0.2) is 0 Å². The molecule has 2 amide bonds. The molecule has 1 saturated heterocycles. The highest BCUT2D eigenvalue weighted by Gasteiger charge is 2.38. The molecule has 0 radical (unpaired) electrons. The summed E-state index contributed by atoms with van der Waals surface area (Å²) in [6, 6.07) is 16.8. The molecule has 1 N–H and O–H groups in total. The van der Waals surface area contributed by atoms with Crippen molar-refractivity contribution in [3.63, 3.8) is 0 Å². The number of nitrogens with zero attached hydrogens (tertiary/aromatic N) is 1. The van der Waals surface area contributed by atoms with Crippen LogP contribution in [0.3, 0.4) is 0 Å². The number of hydrogen-bond donors (Lipinski definition) is 1. The predicted molar refractivity (Wildman–Crippen MR) is 107 cm³/mol. The monoisotopic (exact) mass is 386 g/mol. The number of thiocarbonyl (C=S) groups is 1. The highest BCUT2D eigenvalue weighted by atomic mass is 32.2. The first-order valence-corrected chi connectivity index (χ1v) is 9.36. The second-order valence-electron chi connectivity index (χ2n) is 5.73. The second kappa shape index (κ2) is 8.33. The molecule has 0 unspecified atom stereocenters. The SMILES string of the molecule is COc1ccccc1NC(=O)C[C@@H]1SC(=S)N(Cc2ccccc2)C1=O. The van der Waals surface area contributed by atoms with E-state index in [4.69, 9.17) is 17.0 Å². The van der Waals surface area contributed by atoms with E-state index in [1.54, 1.807) is 24.1 Å². The maximum absolute atomic E-state index is 12.6. The number of methoxy groups -OCH3 is 1. The minimum absolute atomic E-state index is 0.0625.